The van der Waals surface area contributed by atoms with Crippen LogP contribution < -0.4 is 10.1 Å². The van der Waals surface area contributed by atoms with Crippen molar-refractivity contribution in [2.24, 2.45) is 0 Å². The Kier molecular flexibility index (Phi) is 6.72. The molecule has 1 heterocycles. The first-order valence-electron chi connectivity index (χ1n) is 9.25. The van der Waals surface area contributed by atoms with E-state index >= 15 is 0 Å². The SMILES string of the molecule is Cc1ccc(C=C2SC(=O)N(CCNC(=O)C(C)Oc3ccccc3)C2=O)cc1. The van der Waals surface area contributed by atoms with Gasteiger partial charge in [0.2, 0.25) is 0 Å². The molecule has 2 aromatic rings. The number of carbonyl (C=O) groups excluding carboxylic acids is 3. The molecule has 1 N–H and O–H groups in total. The first-order valence-corrected chi connectivity index (χ1v) is 10.1. The van der Waals surface area contributed by atoms with Crippen LogP contribution in [0, 0.1) is 6.92 Å². The molecule has 1 aliphatic rings. The molecule has 3 rings (SSSR count). The minimum absolute atomic E-state index is 0.111. The Morgan fingerprint density at radius 1 is 1.14 bits per heavy atom. The van der Waals surface area contributed by atoms with Gasteiger partial charge in [0.1, 0.15) is 5.75 Å². The van der Waals surface area contributed by atoms with Gasteiger partial charge in [0.05, 0.1) is 4.91 Å². The average molecular weight is 410 g/mol. The van der Waals surface area contributed by atoms with Crippen LogP contribution in [-0.4, -0.2) is 41.1 Å². The third-order valence-corrected chi connectivity index (χ3v) is 5.22. The van der Waals surface area contributed by atoms with Crippen LogP contribution in [0.4, 0.5) is 4.79 Å². The van der Waals surface area contributed by atoms with Gasteiger partial charge in [-0.05, 0) is 49.4 Å². The van der Waals surface area contributed by atoms with Crippen molar-refractivity contribution >= 4 is 34.9 Å². The van der Waals surface area contributed by atoms with E-state index in [4.69, 9.17) is 4.74 Å². The second-order valence-electron chi connectivity index (χ2n) is 6.61. The molecule has 7 heteroatoms. The van der Waals surface area contributed by atoms with Gasteiger partial charge >= 0.3 is 0 Å². The predicted octanol–water partition coefficient (Wildman–Crippen LogP) is 3.62. The van der Waals surface area contributed by atoms with Crippen LogP contribution in [0.15, 0.2) is 59.5 Å². The van der Waals surface area contributed by atoms with E-state index in [-0.39, 0.29) is 30.1 Å². The normalized spacial score (nSPS) is 16.2. The molecular weight excluding hydrogens is 388 g/mol. The summed E-state index contributed by atoms with van der Waals surface area (Å²) < 4.78 is 5.56. The van der Waals surface area contributed by atoms with Crippen molar-refractivity contribution in [2.45, 2.75) is 20.0 Å². The molecule has 29 heavy (non-hydrogen) atoms. The Morgan fingerprint density at radius 3 is 2.52 bits per heavy atom. The molecule has 1 atom stereocenters. The van der Waals surface area contributed by atoms with Gasteiger partial charge in [-0.1, -0.05) is 48.0 Å². The van der Waals surface area contributed by atoms with E-state index in [0.29, 0.717) is 10.7 Å². The molecule has 0 radical (unpaired) electrons. The molecular formula is C22H22N2O4S. The van der Waals surface area contributed by atoms with Crippen molar-refractivity contribution in [3.63, 3.8) is 0 Å². The maximum absolute atomic E-state index is 12.5. The van der Waals surface area contributed by atoms with E-state index in [2.05, 4.69) is 5.32 Å². The number of benzene rings is 2. The van der Waals surface area contributed by atoms with Crippen molar-refractivity contribution in [2.75, 3.05) is 13.1 Å². The quantitative estimate of drug-likeness (QED) is 0.706. The predicted molar refractivity (Wildman–Crippen MR) is 113 cm³/mol. The van der Waals surface area contributed by atoms with Crippen LogP contribution >= 0.6 is 11.8 Å². The van der Waals surface area contributed by atoms with E-state index < -0.39 is 6.10 Å². The lowest BCUT2D eigenvalue weighted by Crippen LogP contribution is -2.41. The lowest BCUT2D eigenvalue weighted by atomic mass is 10.1. The van der Waals surface area contributed by atoms with Gasteiger partial charge in [-0.2, -0.15) is 0 Å². The van der Waals surface area contributed by atoms with Crippen molar-refractivity contribution in [1.29, 1.82) is 0 Å². The zero-order valence-electron chi connectivity index (χ0n) is 16.3. The van der Waals surface area contributed by atoms with E-state index in [1.807, 2.05) is 49.4 Å². The number of aryl methyl sites for hydroxylation is 1. The van der Waals surface area contributed by atoms with E-state index in [1.54, 1.807) is 25.1 Å². The van der Waals surface area contributed by atoms with Crippen molar-refractivity contribution in [3.05, 3.63) is 70.6 Å². The van der Waals surface area contributed by atoms with Gasteiger partial charge in [-0.3, -0.25) is 19.3 Å². The van der Waals surface area contributed by atoms with E-state index in [0.717, 1.165) is 27.8 Å². The van der Waals surface area contributed by atoms with Gasteiger partial charge in [-0.15, -0.1) is 0 Å². The van der Waals surface area contributed by atoms with Gasteiger partial charge < -0.3 is 10.1 Å². The molecule has 0 aromatic heterocycles. The molecule has 0 aliphatic carbocycles. The number of thioether (sulfide) groups is 1. The Hall–Kier alpha value is -3.06. The molecule has 6 nitrogen and oxygen atoms in total. The number of para-hydroxylation sites is 1. The summed E-state index contributed by atoms with van der Waals surface area (Å²) >= 11 is 0.909. The number of nitrogens with zero attached hydrogens (tertiary/aromatic N) is 1. The molecule has 0 spiro atoms. The summed E-state index contributed by atoms with van der Waals surface area (Å²) in [6, 6.07) is 16.7. The number of carbonyl (C=O) groups is 3. The number of ether oxygens (including phenoxy) is 1. The Morgan fingerprint density at radius 2 is 1.83 bits per heavy atom. The third-order valence-electron chi connectivity index (χ3n) is 4.31. The summed E-state index contributed by atoms with van der Waals surface area (Å²) in [7, 11) is 0. The fourth-order valence-corrected chi connectivity index (χ4v) is 3.56. The smallest absolute Gasteiger partial charge is 0.293 e. The molecule has 1 unspecified atom stereocenters. The van der Waals surface area contributed by atoms with Crippen molar-refractivity contribution in [3.8, 4) is 5.75 Å². The Balaban J connectivity index is 1.51. The summed E-state index contributed by atoms with van der Waals surface area (Å²) in [6.45, 7) is 3.90. The highest BCUT2D eigenvalue weighted by Gasteiger charge is 2.34. The molecule has 1 saturated heterocycles. The summed E-state index contributed by atoms with van der Waals surface area (Å²) in [5, 5.41) is 2.37. The second-order valence-corrected chi connectivity index (χ2v) is 7.60. The van der Waals surface area contributed by atoms with E-state index in [9.17, 15) is 14.4 Å². The third kappa shape index (κ3) is 5.48. The summed E-state index contributed by atoms with van der Waals surface area (Å²) in [4.78, 5) is 38.4. The van der Waals surface area contributed by atoms with Crippen LogP contribution in [0.5, 0.6) is 5.75 Å². The van der Waals surface area contributed by atoms with Crippen molar-refractivity contribution in [1.82, 2.24) is 10.2 Å². The van der Waals surface area contributed by atoms with E-state index in [1.165, 1.54) is 0 Å². The zero-order chi connectivity index (χ0) is 20.8. The largest absolute Gasteiger partial charge is 0.481 e. The van der Waals surface area contributed by atoms with Crippen molar-refractivity contribution < 1.29 is 19.1 Å². The fraction of sp³-hybridized carbons (Fsp3) is 0.227. The molecule has 1 fully saturated rings. The first-order chi connectivity index (χ1) is 13.9. The summed E-state index contributed by atoms with van der Waals surface area (Å²) in [6.07, 6.45) is 1.02. The molecule has 1 aliphatic heterocycles. The minimum Gasteiger partial charge on any atom is -0.481 e. The van der Waals surface area contributed by atoms with Crippen LogP contribution in [-0.2, 0) is 9.59 Å². The number of nitrogens with one attached hydrogen (secondary N) is 1. The average Bonchev–Trinajstić information content (AvgIpc) is 2.97. The Bertz CT molecular complexity index is 926. The summed E-state index contributed by atoms with van der Waals surface area (Å²) in [5.74, 6) is -0.0539. The highest BCUT2D eigenvalue weighted by atomic mass is 32.2. The minimum atomic E-state index is -0.686. The zero-order valence-corrected chi connectivity index (χ0v) is 17.1. The van der Waals surface area contributed by atoms with Gasteiger partial charge in [0.15, 0.2) is 6.10 Å². The molecule has 3 amide bonds. The first kappa shape index (κ1) is 20.7. The number of rotatable bonds is 7. The summed E-state index contributed by atoms with van der Waals surface area (Å²) in [5.41, 5.74) is 1.98. The maximum Gasteiger partial charge on any atom is 0.293 e. The van der Waals surface area contributed by atoms with Crippen LogP contribution in [0.2, 0.25) is 0 Å². The van der Waals surface area contributed by atoms with Gasteiger partial charge in [-0.25, -0.2) is 0 Å². The monoisotopic (exact) mass is 410 g/mol. The highest BCUT2D eigenvalue weighted by Crippen LogP contribution is 2.31. The second kappa shape index (κ2) is 9.43. The number of imide groups is 1. The molecule has 0 bridgehead atoms. The van der Waals surface area contributed by atoms with Gasteiger partial charge in [0, 0.05) is 13.1 Å². The topological polar surface area (TPSA) is 75.7 Å². The van der Waals surface area contributed by atoms with Gasteiger partial charge in [0.25, 0.3) is 17.1 Å². The number of hydrogen-bond donors (Lipinski definition) is 1. The van der Waals surface area contributed by atoms with Crippen LogP contribution in [0.25, 0.3) is 6.08 Å². The standard InChI is InChI=1S/C22H22N2O4S/c1-15-8-10-17(11-9-15)14-19-21(26)24(22(27)29-19)13-12-23-20(25)16(2)28-18-6-4-3-5-7-18/h3-11,14,16H,12-13H2,1-2H3,(H,23,25). The highest BCUT2D eigenvalue weighted by molar-refractivity contribution is 8.18. The van der Waals surface area contributed by atoms with Crippen LogP contribution in [0.3, 0.4) is 0 Å². The Labute approximate surface area is 173 Å². The number of amides is 3. The molecule has 150 valence electrons. The van der Waals surface area contributed by atoms with Crippen LogP contribution in [0.1, 0.15) is 18.1 Å². The molecule has 0 saturated carbocycles. The number of hydrogen-bond acceptors (Lipinski definition) is 5. The lowest BCUT2D eigenvalue weighted by molar-refractivity contribution is -0.128. The lowest BCUT2D eigenvalue weighted by Gasteiger charge is -2.16. The molecule has 2 aromatic carbocycles. The fourth-order valence-electron chi connectivity index (χ4n) is 2.70. The maximum atomic E-state index is 12.5.